The van der Waals surface area contributed by atoms with Crippen molar-refractivity contribution in [2.75, 3.05) is 0 Å². The van der Waals surface area contributed by atoms with Crippen LogP contribution in [0, 0.1) is 23.7 Å². The molecule has 0 aromatic heterocycles. The lowest BCUT2D eigenvalue weighted by Gasteiger charge is -2.37. The molecule has 120 valence electrons. The molecule has 0 nitrogen and oxygen atoms in total. The molecule has 0 amide bonds. The van der Waals surface area contributed by atoms with Gasteiger partial charge in [-0.3, -0.25) is 0 Å². The molecule has 0 N–H and O–H groups in total. The van der Waals surface area contributed by atoms with Gasteiger partial charge in [0.25, 0.3) is 0 Å². The smallest absolute Gasteiger partial charge is 0.0406 e. The molecule has 3 fully saturated rings. The Morgan fingerprint density at radius 3 is 2.32 bits per heavy atom. The third-order valence-corrected chi connectivity index (χ3v) is 7.26. The maximum absolute atomic E-state index is 6.08. The fraction of sp³-hybridized carbons (Fsp3) is 0.714. The van der Waals surface area contributed by atoms with Crippen molar-refractivity contribution in [1.82, 2.24) is 0 Å². The van der Waals surface area contributed by atoms with E-state index in [0.29, 0.717) is 0 Å². The molecule has 1 heteroatoms. The van der Waals surface area contributed by atoms with Crippen LogP contribution in [-0.4, -0.2) is 0 Å². The van der Waals surface area contributed by atoms with Gasteiger partial charge in [-0.05, 0) is 79.4 Å². The maximum Gasteiger partial charge on any atom is 0.0406 e. The van der Waals surface area contributed by atoms with Crippen molar-refractivity contribution in [2.45, 2.75) is 70.1 Å². The summed E-state index contributed by atoms with van der Waals surface area (Å²) in [5, 5.41) is 0.877. The molecule has 3 aliphatic rings. The lowest BCUT2D eigenvalue weighted by molar-refractivity contribution is 0.181. The highest BCUT2D eigenvalue weighted by Crippen LogP contribution is 2.54. The highest BCUT2D eigenvalue weighted by molar-refractivity contribution is 6.30. The Hall–Kier alpha value is -0.490. The third kappa shape index (κ3) is 2.96. The molecule has 0 radical (unpaired) electrons. The first-order valence-corrected chi connectivity index (χ1v) is 9.94. The zero-order chi connectivity index (χ0) is 14.9. The van der Waals surface area contributed by atoms with Gasteiger partial charge < -0.3 is 0 Å². The fourth-order valence-electron chi connectivity index (χ4n) is 6.01. The minimum atomic E-state index is 0.810. The van der Waals surface area contributed by atoms with E-state index in [-0.39, 0.29) is 0 Å². The molecule has 4 rings (SSSR count). The first kappa shape index (κ1) is 15.1. The van der Waals surface area contributed by atoms with E-state index in [1.807, 2.05) is 0 Å². The average molecular weight is 317 g/mol. The van der Waals surface area contributed by atoms with Gasteiger partial charge in [0.2, 0.25) is 0 Å². The van der Waals surface area contributed by atoms with E-state index in [9.17, 15) is 0 Å². The molecule has 0 aliphatic heterocycles. The van der Waals surface area contributed by atoms with E-state index in [1.165, 1.54) is 57.8 Å². The van der Waals surface area contributed by atoms with Gasteiger partial charge in [-0.15, -0.1) is 0 Å². The van der Waals surface area contributed by atoms with E-state index in [0.717, 1.165) is 34.6 Å². The quantitative estimate of drug-likeness (QED) is 0.573. The summed E-state index contributed by atoms with van der Waals surface area (Å²) in [6.45, 7) is 0. The Balaban J connectivity index is 1.47. The van der Waals surface area contributed by atoms with Crippen LogP contribution in [-0.2, 0) is 0 Å². The van der Waals surface area contributed by atoms with Crippen molar-refractivity contribution in [3.05, 3.63) is 34.9 Å². The van der Waals surface area contributed by atoms with Crippen molar-refractivity contribution >= 4 is 11.6 Å². The summed E-state index contributed by atoms with van der Waals surface area (Å²) < 4.78 is 0. The molecule has 1 aromatic carbocycles. The van der Waals surface area contributed by atoms with Gasteiger partial charge in [-0.25, -0.2) is 0 Å². The van der Waals surface area contributed by atoms with Gasteiger partial charge in [-0.1, -0.05) is 55.8 Å². The summed E-state index contributed by atoms with van der Waals surface area (Å²) in [6.07, 6.45) is 14.9. The number of hydrogen-bond acceptors (Lipinski definition) is 0. The highest BCUT2D eigenvalue weighted by atomic mass is 35.5. The Morgan fingerprint density at radius 1 is 0.773 bits per heavy atom. The predicted octanol–water partition coefficient (Wildman–Crippen LogP) is 6.83. The second-order valence-corrected chi connectivity index (χ2v) is 8.58. The summed E-state index contributed by atoms with van der Waals surface area (Å²) in [7, 11) is 0. The average Bonchev–Trinajstić information content (AvgIpc) is 3.19. The number of fused-ring (bicyclic) bond motifs is 1. The van der Waals surface area contributed by atoms with Crippen LogP contribution in [0.4, 0.5) is 0 Å². The van der Waals surface area contributed by atoms with Crippen LogP contribution in [0.5, 0.6) is 0 Å². The Labute approximate surface area is 140 Å². The van der Waals surface area contributed by atoms with Crippen LogP contribution >= 0.6 is 11.6 Å². The molecule has 0 heterocycles. The molecule has 1 aromatic rings. The topological polar surface area (TPSA) is 0 Å². The number of benzene rings is 1. The highest BCUT2D eigenvalue weighted by Gasteiger charge is 2.43. The number of halogens is 1. The summed E-state index contributed by atoms with van der Waals surface area (Å²) in [6, 6.07) is 8.76. The summed E-state index contributed by atoms with van der Waals surface area (Å²) in [5.74, 6) is 4.91. The minimum absolute atomic E-state index is 0.810. The minimum Gasteiger partial charge on any atom is -0.0843 e. The third-order valence-electron chi connectivity index (χ3n) is 7.00. The Kier molecular flexibility index (Phi) is 4.49. The first-order valence-electron chi connectivity index (χ1n) is 9.57. The molecule has 22 heavy (non-hydrogen) atoms. The molecule has 0 spiro atoms. The zero-order valence-electron chi connectivity index (χ0n) is 13.6. The molecule has 0 bridgehead atoms. The molecule has 4 unspecified atom stereocenters. The van der Waals surface area contributed by atoms with Gasteiger partial charge in [0.1, 0.15) is 0 Å². The van der Waals surface area contributed by atoms with E-state index < -0.39 is 0 Å². The molecular weight excluding hydrogens is 288 g/mol. The van der Waals surface area contributed by atoms with Crippen molar-refractivity contribution in [3.63, 3.8) is 0 Å². The van der Waals surface area contributed by atoms with Gasteiger partial charge in [0.15, 0.2) is 0 Å². The van der Waals surface area contributed by atoms with Crippen LogP contribution in [0.25, 0.3) is 0 Å². The molecule has 3 saturated carbocycles. The van der Waals surface area contributed by atoms with Crippen LogP contribution < -0.4 is 0 Å². The van der Waals surface area contributed by atoms with Crippen LogP contribution in [0.15, 0.2) is 24.3 Å². The van der Waals surface area contributed by atoms with E-state index in [2.05, 4.69) is 24.3 Å². The van der Waals surface area contributed by atoms with Crippen molar-refractivity contribution < 1.29 is 0 Å². The first-order chi connectivity index (χ1) is 10.8. The Morgan fingerprint density at radius 2 is 1.55 bits per heavy atom. The van der Waals surface area contributed by atoms with Crippen LogP contribution in [0.2, 0.25) is 5.02 Å². The van der Waals surface area contributed by atoms with Crippen LogP contribution in [0.3, 0.4) is 0 Å². The Bertz CT molecular complexity index is 485. The standard InChI is InChI=1S/C21H29Cl/c22-18-11-8-16(9-12-18)19-6-3-7-20-17(10-13-21(19)20)14-15-4-1-2-5-15/h8-9,11-12,15,17,19-21H,1-7,10,13-14H2. The maximum atomic E-state index is 6.08. The fourth-order valence-corrected chi connectivity index (χ4v) is 6.14. The molecular formula is C21H29Cl. The summed E-state index contributed by atoms with van der Waals surface area (Å²) >= 11 is 6.08. The van der Waals surface area contributed by atoms with E-state index in [4.69, 9.17) is 11.6 Å². The summed E-state index contributed by atoms with van der Waals surface area (Å²) in [4.78, 5) is 0. The molecule has 4 atom stereocenters. The predicted molar refractivity (Wildman–Crippen MR) is 94.3 cm³/mol. The van der Waals surface area contributed by atoms with Gasteiger partial charge in [0, 0.05) is 5.02 Å². The largest absolute Gasteiger partial charge is 0.0843 e. The lowest BCUT2D eigenvalue weighted by atomic mass is 9.68. The van der Waals surface area contributed by atoms with E-state index in [1.54, 1.807) is 12.0 Å². The lowest BCUT2D eigenvalue weighted by Crippen LogP contribution is -2.26. The van der Waals surface area contributed by atoms with Crippen molar-refractivity contribution in [3.8, 4) is 0 Å². The van der Waals surface area contributed by atoms with Crippen LogP contribution in [0.1, 0.15) is 75.7 Å². The monoisotopic (exact) mass is 316 g/mol. The number of hydrogen-bond donors (Lipinski definition) is 0. The summed E-state index contributed by atoms with van der Waals surface area (Å²) in [5.41, 5.74) is 1.56. The van der Waals surface area contributed by atoms with Gasteiger partial charge in [0.05, 0.1) is 0 Å². The van der Waals surface area contributed by atoms with Crippen molar-refractivity contribution in [2.24, 2.45) is 23.7 Å². The SMILES string of the molecule is Clc1ccc(C2CCCC3C(CC4CCCC4)CCC23)cc1. The normalized spacial score (nSPS) is 35.7. The second kappa shape index (κ2) is 6.56. The van der Waals surface area contributed by atoms with Crippen molar-refractivity contribution in [1.29, 1.82) is 0 Å². The molecule has 0 saturated heterocycles. The second-order valence-electron chi connectivity index (χ2n) is 8.14. The number of rotatable bonds is 3. The van der Waals surface area contributed by atoms with Gasteiger partial charge >= 0.3 is 0 Å². The zero-order valence-corrected chi connectivity index (χ0v) is 14.4. The molecule has 3 aliphatic carbocycles. The van der Waals surface area contributed by atoms with Gasteiger partial charge in [-0.2, -0.15) is 0 Å². The van der Waals surface area contributed by atoms with E-state index >= 15 is 0 Å².